The van der Waals surface area contributed by atoms with Crippen LogP contribution in [-0.4, -0.2) is 6.04 Å². The molecule has 0 aromatic heterocycles. The highest BCUT2D eigenvalue weighted by Crippen LogP contribution is 2.31. The van der Waals surface area contributed by atoms with Gasteiger partial charge in [-0.25, -0.2) is 13.2 Å². The molecule has 21 heavy (non-hydrogen) atoms. The zero-order valence-corrected chi connectivity index (χ0v) is 11.9. The SMILES string of the molecule is Fc1cc(Cl)c(-c2ccc(F)c(CNC3CC3)c2)cc1F. The molecule has 0 radical (unpaired) electrons. The van der Waals surface area contributed by atoms with Crippen LogP contribution in [-0.2, 0) is 6.54 Å². The molecule has 5 heteroatoms. The van der Waals surface area contributed by atoms with Crippen LogP contribution in [0.5, 0.6) is 0 Å². The van der Waals surface area contributed by atoms with Crippen LogP contribution in [0, 0.1) is 17.5 Å². The van der Waals surface area contributed by atoms with Crippen LogP contribution in [0.2, 0.25) is 5.02 Å². The summed E-state index contributed by atoms with van der Waals surface area (Å²) < 4.78 is 40.3. The van der Waals surface area contributed by atoms with E-state index >= 15 is 0 Å². The van der Waals surface area contributed by atoms with Gasteiger partial charge in [0.1, 0.15) is 5.82 Å². The van der Waals surface area contributed by atoms with E-state index in [0.717, 1.165) is 25.0 Å². The third kappa shape index (κ3) is 3.22. The highest BCUT2D eigenvalue weighted by molar-refractivity contribution is 6.33. The molecule has 0 amide bonds. The number of hydrogen-bond donors (Lipinski definition) is 1. The molecule has 1 nitrogen and oxygen atoms in total. The molecule has 1 N–H and O–H groups in total. The van der Waals surface area contributed by atoms with Gasteiger partial charge in [0, 0.05) is 23.7 Å². The van der Waals surface area contributed by atoms with Crippen molar-refractivity contribution in [3.63, 3.8) is 0 Å². The van der Waals surface area contributed by atoms with Gasteiger partial charge in [-0.15, -0.1) is 0 Å². The molecule has 0 bridgehead atoms. The first-order chi connectivity index (χ1) is 10.0. The van der Waals surface area contributed by atoms with Gasteiger partial charge in [0.05, 0.1) is 5.02 Å². The quantitative estimate of drug-likeness (QED) is 0.809. The Kier molecular flexibility index (Phi) is 3.91. The van der Waals surface area contributed by atoms with Crippen LogP contribution in [0.3, 0.4) is 0 Å². The average Bonchev–Trinajstić information content (AvgIpc) is 3.26. The van der Waals surface area contributed by atoms with E-state index in [9.17, 15) is 13.2 Å². The summed E-state index contributed by atoms with van der Waals surface area (Å²) in [5.74, 6) is -2.30. The Morgan fingerprint density at radius 1 is 1.00 bits per heavy atom. The van der Waals surface area contributed by atoms with Gasteiger partial charge >= 0.3 is 0 Å². The molecule has 2 aromatic rings. The average molecular weight is 312 g/mol. The molecule has 0 spiro atoms. The topological polar surface area (TPSA) is 12.0 Å². The molecule has 110 valence electrons. The largest absolute Gasteiger partial charge is 0.310 e. The second kappa shape index (κ2) is 5.70. The number of nitrogens with one attached hydrogen (secondary N) is 1. The molecule has 2 aromatic carbocycles. The van der Waals surface area contributed by atoms with E-state index in [1.54, 1.807) is 6.07 Å². The Labute approximate surface area is 125 Å². The van der Waals surface area contributed by atoms with Gasteiger partial charge in [-0.1, -0.05) is 17.7 Å². The summed E-state index contributed by atoms with van der Waals surface area (Å²) in [6, 6.07) is 6.86. The number of benzene rings is 2. The Morgan fingerprint density at radius 2 is 1.71 bits per heavy atom. The highest BCUT2D eigenvalue weighted by atomic mass is 35.5. The van der Waals surface area contributed by atoms with Crippen LogP contribution in [0.25, 0.3) is 11.1 Å². The zero-order valence-electron chi connectivity index (χ0n) is 11.1. The molecule has 1 aliphatic rings. The number of halogens is 4. The normalized spacial score (nSPS) is 14.5. The molecule has 1 aliphatic carbocycles. The predicted molar refractivity (Wildman–Crippen MR) is 76.6 cm³/mol. The smallest absolute Gasteiger partial charge is 0.160 e. The van der Waals surface area contributed by atoms with Crippen LogP contribution >= 0.6 is 11.6 Å². The van der Waals surface area contributed by atoms with E-state index in [4.69, 9.17) is 11.6 Å². The molecular formula is C16H13ClF3N. The van der Waals surface area contributed by atoms with Crippen molar-refractivity contribution in [1.29, 1.82) is 0 Å². The minimum Gasteiger partial charge on any atom is -0.310 e. The van der Waals surface area contributed by atoms with E-state index in [1.807, 2.05) is 0 Å². The number of hydrogen-bond acceptors (Lipinski definition) is 1. The van der Waals surface area contributed by atoms with Crippen LogP contribution in [0.4, 0.5) is 13.2 Å². The monoisotopic (exact) mass is 311 g/mol. The van der Waals surface area contributed by atoms with Crippen molar-refractivity contribution in [2.24, 2.45) is 0 Å². The fourth-order valence-corrected chi connectivity index (χ4v) is 2.42. The Balaban J connectivity index is 1.94. The first kappa shape index (κ1) is 14.4. The van der Waals surface area contributed by atoms with E-state index in [2.05, 4.69) is 5.32 Å². The third-order valence-electron chi connectivity index (χ3n) is 3.53. The van der Waals surface area contributed by atoms with Crippen molar-refractivity contribution in [1.82, 2.24) is 5.32 Å². The van der Waals surface area contributed by atoms with Gasteiger partial charge in [-0.05, 0) is 42.7 Å². The molecule has 1 saturated carbocycles. The third-order valence-corrected chi connectivity index (χ3v) is 3.84. The van der Waals surface area contributed by atoms with Gasteiger partial charge in [0.15, 0.2) is 11.6 Å². The van der Waals surface area contributed by atoms with E-state index < -0.39 is 11.6 Å². The van der Waals surface area contributed by atoms with Crippen molar-refractivity contribution in [2.75, 3.05) is 0 Å². The summed E-state index contributed by atoms with van der Waals surface area (Å²) in [7, 11) is 0. The van der Waals surface area contributed by atoms with Crippen LogP contribution in [0.1, 0.15) is 18.4 Å². The van der Waals surface area contributed by atoms with Gasteiger partial charge in [-0.3, -0.25) is 0 Å². The van der Waals surface area contributed by atoms with Crippen molar-refractivity contribution in [3.05, 3.63) is 58.4 Å². The molecule has 0 unspecified atom stereocenters. The fraction of sp³-hybridized carbons (Fsp3) is 0.250. The molecule has 3 rings (SSSR count). The van der Waals surface area contributed by atoms with E-state index in [1.165, 1.54) is 12.1 Å². The maximum absolute atomic E-state index is 13.8. The lowest BCUT2D eigenvalue weighted by Crippen LogP contribution is -2.16. The summed E-state index contributed by atoms with van der Waals surface area (Å²) in [4.78, 5) is 0. The first-order valence-electron chi connectivity index (χ1n) is 6.71. The predicted octanol–water partition coefficient (Wildman–Crippen LogP) is 4.68. The van der Waals surface area contributed by atoms with E-state index in [-0.39, 0.29) is 10.8 Å². The molecule has 0 atom stereocenters. The standard InChI is InChI=1S/C16H13ClF3N/c17-13-7-16(20)15(19)6-12(13)9-1-4-14(18)10(5-9)8-21-11-2-3-11/h1,4-7,11,21H,2-3,8H2. The summed E-state index contributed by atoms with van der Waals surface area (Å²) in [6.07, 6.45) is 2.21. The maximum atomic E-state index is 13.8. The van der Waals surface area contributed by atoms with E-state index in [0.29, 0.717) is 29.3 Å². The van der Waals surface area contributed by atoms with Gasteiger partial charge in [0.25, 0.3) is 0 Å². The van der Waals surface area contributed by atoms with Crippen LogP contribution < -0.4 is 5.32 Å². The molecule has 0 saturated heterocycles. The lowest BCUT2D eigenvalue weighted by atomic mass is 10.0. The summed E-state index contributed by atoms with van der Waals surface area (Å²) in [5, 5.41) is 3.32. The Hall–Kier alpha value is -1.52. The second-order valence-corrected chi connectivity index (χ2v) is 5.61. The molecule has 0 heterocycles. The van der Waals surface area contributed by atoms with Gasteiger partial charge in [0.2, 0.25) is 0 Å². The Bertz CT molecular complexity index is 683. The second-order valence-electron chi connectivity index (χ2n) is 5.21. The molecule has 0 aliphatic heterocycles. The first-order valence-corrected chi connectivity index (χ1v) is 7.09. The summed E-state index contributed by atoms with van der Waals surface area (Å²) in [5.41, 5.74) is 1.40. The van der Waals surface area contributed by atoms with Crippen molar-refractivity contribution < 1.29 is 13.2 Å². The van der Waals surface area contributed by atoms with Crippen molar-refractivity contribution in [2.45, 2.75) is 25.4 Å². The zero-order chi connectivity index (χ0) is 15.0. The molecule has 1 fully saturated rings. The lowest BCUT2D eigenvalue weighted by molar-refractivity contribution is 0.509. The molecular weight excluding hydrogens is 299 g/mol. The van der Waals surface area contributed by atoms with Crippen molar-refractivity contribution >= 4 is 11.6 Å². The van der Waals surface area contributed by atoms with Gasteiger partial charge in [-0.2, -0.15) is 0 Å². The minimum atomic E-state index is -0.999. The lowest BCUT2D eigenvalue weighted by Gasteiger charge is -2.10. The highest BCUT2D eigenvalue weighted by Gasteiger charge is 2.21. The minimum absolute atomic E-state index is 0.0987. The fourth-order valence-electron chi connectivity index (χ4n) is 2.16. The number of rotatable bonds is 4. The van der Waals surface area contributed by atoms with Crippen molar-refractivity contribution in [3.8, 4) is 11.1 Å². The summed E-state index contributed by atoms with van der Waals surface area (Å²) >= 11 is 5.95. The van der Waals surface area contributed by atoms with Gasteiger partial charge < -0.3 is 5.32 Å². The van der Waals surface area contributed by atoms with Crippen LogP contribution in [0.15, 0.2) is 30.3 Å². The summed E-state index contributed by atoms with van der Waals surface area (Å²) in [6.45, 7) is 0.408. The Morgan fingerprint density at radius 3 is 2.43 bits per heavy atom. The maximum Gasteiger partial charge on any atom is 0.160 e.